The van der Waals surface area contributed by atoms with Gasteiger partial charge in [0.25, 0.3) is 0 Å². The molecular weight excluding hydrogens is 222 g/mol. The number of fused-ring (bicyclic) bond motifs is 1. The van der Waals surface area contributed by atoms with Gasteiger partial charge in [0.1, 0.15) is 5.82 Å². The molecule has 2 aromatic rings. The fourth-order valence-corrected chi connectivity index (χ4v) is 2.61. The molecule has 94 valence electrons. The van der Waals surface area contributed by atoms with E-state index in [0.29, 0.717) is 5.92 Å². The van der Waals surface area contributed by atoms with E-state index >= 15 is 0 Å². The summed E-state index contributed by atoms with van der Waals surface area (Å²) in [7, 11) is 0. The molecule has 0 bridgehead atoms. The van der Waals surface area contributed by atoms with Crippen LogP contribution in [0.15, 0.2) is 24.3 Å². The van der Waals surface area contributed by atoms with Crippen LogP contribution >= 0.6 is 0 Å². The van der Waals surface area contributed by atoms with Crippen LogP contribution in [-0.4, -0.2) is 16.3 Å². The summed E-state index contributed by atoms with van der Waals surface area (Å²) in [6.45, 7) is 7.56. The summed E-state index contributed by atoms with van der Waals surface area (Å²) in [6, 6.07) is 8.49. The quantitative estimate of drug-likeness (QED) is 0.874. The first-order valence-corrected chi connectivity index (χ1v) is 6.59. The first-order chi connectivity index (χ1) is 8.66. The molecule has 0 fully saturated rings. The fourth-order valence-electron chi connectivity index (χ4n) is 2.61. The maximum atomic E-state index is 4.80. The highest BCUT2D eigenvalue weighted by Crippen LogP contribution is 2.32. The molecule has 0 amide bonds. The standard InChI is InChI=1S/C15H19N3/c1-10(2)14-13-7-8-16-15(13)18(17-14)12-6-4-5-11(3)9-12/h4-6,9-10,16H,7-8H2,1-3H3. The zero-order valence-electron chi connectivity index (χ0n) is 11.2. The summed E-state index contributed by atoms with van der Waals surface area (Å²) in [6.07, 6.45) is 1.09. The van der Waals surface area contributed by atoms with Crippen LogP contribution in [0.5, 0.6) is 0 Å². The van der Waals surface area contributed by atoms with E-state index in [2.05, 4.69) is 55.0 Å². The van der Waals surface area contributed by atoms with E-state index in [0.717, 1.165) is 18.7 Å². The highest BCUT2D eigenvalue weighted by atomic mass is 15.3. The Labute approximate surface area is 108 Å². The second-order valence-corrected chi connectivity index (χ2v) is 5.29. The van der Waals surface area contributed by atoms with Gasteiger partial charge in [-0.2, -0.15) is 5.10 Å². The van der Waals surface area contributed by atoms with Crippen molar-refractivity contribution in [2.24, 2.45) is 0 Å². The Morgan fingerprint density at radius 2 is 2.17 bits per heavy atom. The van der Waals surface area contributed by atoms with Crippen molar-refractivity contribution >= 4 is 5.82 Å². The summed E-state index contributed by atoms with van der Waals surface area (Å²) in [5.74, 6) is 1.66. The average molecular weight is 241 g/mol. The van der Waals surface area contributed by atoms with E-state index < -0.39 is 0 Å². The Kier molecular flexibility index (Phi) is 2.62. The third-order valence-corrected chi connectivity index (χ3v) is 3.48. The van der Waals surface area contributed by atoms with Gasteiger partial charge in [0.2, 0.25) is 0 Å². The maximum Gasteiger partial charge on any atom is 0.133 e. The minimum atomic E-state index is 0.477. The summed E-state index contributed by atoms with van der Waals surface area (Å²) in [5.41, 5.74) is 5.04. The van der Waals surface area contributed by atoms with Crippen molar-refractivity contribution in [2.45, 2.75) is 33.1 Å². The third-order valence-electron chi connectivity index (χ3n) is 3.48. The SMILES string of the molecule is Cc1cccc(-n2nc(C(C)C)c3c2NCC3)c1. The summed E-state index contributed by atoms with van der Waals surface area (Å²) in [4.78, 5) is 0. The second kappa shape index (κ2) is 4.16. The van der Waals surface area contributed by atoms with Gasteiger partial charge in [-0.3, -0.25) is 0 Å². The van der Waals surface area contributed by atoms with Crippen molar-refractivity contribution in [2.75, 3.05) is 11.9 Å². The number of aryl methyl sites for hydroxylation is 1. The van der Waals surface area contributed by atoms with Gasteiger partial charge in [0, 0.05) is 12.1 Å². The normalized spacial score (nSPS) is 13.8. The monoisotopic (exact) mass is 241 g/mol. The Balaban J connectivity index is 2.16. The van der Waals surface area contributed by atoms with Gasteiger partial charge in [-0.1, -0.05) is 26.0 Å². The Bertz CT molecular complexity index is 581. The molecule has 1 aromatic heterocycles. The third kappa shape index (κ3) is 1.70. The second-order valence-electron chi connectivity index (χ2n) is 5.29. The average Bonchev–Trinajstić information content (AvgIpc) is 2.88. The van der Waals surface area contributed by atoms with Crippen molar-refractivity contribution in [1.29, 1.82) is 0 Å². The van der Waals surface area contributed by atoms with E-state index in [1.54, 1.807) is 0 Å². The number of anilines is 1. The molecule has 18 heavy (non-hydrogen) atoms. The smallest absolute Gasteiger partial charge is 0.133 e. The lowest BCUT2D eigenvalue weighted by Crippen LogP contribution is -2.05. The minimum Gasteiger partial charge on any atom is -0.369 e. The van der Waals surface area contributed by atoms with E-state index in [9.17, 15) is 0 Å². The number of nitrogens with zero attached hydrogens (tertiary/aromatic N) is 2. The zero-order valence-corrected chi connectivity index (χ0v) is 11.2. The number of benzene rings is 1. The van der Waals surface area contributed by atoms with Gasteiger partial charge in [-0.15, -0.1) is 0 Å². The predicted molar refractivity (Wildman–Crippen MR) is 74.6 cm³/mol. The first kappa shape index (κ1) is 11.3. The predicted octanol–water partition coefficient (Wildman–Crippen LogP) is 3.27. The zero-order chi connectivity index (χ0) is 12.7. The van der Waals surface area contributed by atoms with Crippen LogP contribution in [0.1, 0.15) is 36.6 Å². The summed E-state index contributed by atoms with van der Waals surface area (Å²) in [5, 5.41) is 8.26. The Hall–Kier alpha value is -1.77. The van der Waals surface area contributed by atoms with Gasteiger partial charge < -0.3 is 5.32 Å². The minimum absolute atomic E-state index is 0.477. The molecule has 1 aromatic carbocycles. The van der Waals surface area contributed by atoms with Crippen LogP contribution in [0.25, 0.3) is 5.69 Å². The molecule has 3 nitrogen and oxygen atoms in total. The van der Waals surface area contributed by atoms with Crippen molar-refractivity contribution in [3.63, 3.8) is 0 Å². The molecule has 0 radical (unpaired) electrons. The van der Waals surface area contributed by atoms with Crippen molar-refractivity contribution in [3.05, 3.63) is 41.1 Å². The molecule has 1 aliphatic heterocycles. The van der Waals surface area contributed by atoms with Crippen molar-refractivity contribution < 1.29 is 0 Å². The van der Waals surface area contributed by atoms with Crippen LogP contribution in [0, 0.1) is 6.92 Å². The molecule has 0 aliphatic carbocycles. The first-order valence-electron chi connectivity index (χ1n) is 6.59. The van der Waals surface area contributed by atoms with Gasteiger partial charge in [-0.05, 0) is 37.0 Å². The molecule has 1 aliphatic rings. The molecule has 0 unspecified atom stereocenters. The number of aromatic nitrogens is 2. The lowest BCUT2D eigenvalue weighted by Gasteiger charge is -2.07. The van der Waals surface area contributed by atoms with Crippen LogP contribution in [0.2, 0.25) is 0 Å². The summed E-state index contributed by atoms with van der Waals surface area (Å²) >= 11 is 0. The maximum absolute atomic E-state index is 4.80. The molecule has 3 heteroatoms. The van der Waals surface area contributed by atoms with Crippen LogP contribution in [-0.2, 0) is 6.42 Å². The van der Waals surface area contributed by atoms with Crippen LogP contribution < -0.4 is 5.32 Å². The van der Waals surface area contributed by atoms with Crippen molar-refractivity contribution in [3.8, 4) is 5.69 Å². The van der Waals surface area contributed by atoms with Crippen molar-refractivity contribution in [1.82, 2.24) is 9.78 Å². The van der Waals surface area contributed by atoms with Gasteiger partial charge in [-0.25, -0.2) is 4.68 Å². The van der Waals surface area contributed by atoms with E-state index in [1.165, 1.54) is 22.6 Å². The van der Waals surface area contributed by atoms with E-state index in [-0.39, 0.29) is 0 Å². The lowest BCUT2D eigenvalue weighted by atomic mass is 10.1. The molecular formula is C15H19N3. The largest absolute Gasteiger partial charge is 0.369 e. The van der Waals surface area contributed by atoms with E-state index in [1.807, 2.05) is 0 Å². The molecule has 3 rings (SSSR count). The molecule has 0 saturated heterocycles. The topological polar surface area (TPSA) is 29.9 Å². The molecule has 1 N–H and O–H groups in total. The molecule has 0 saturated carbocycles. The Morgan fingerprint density at radius 1 is 1.33 bits per heavy atom. The molecule has 0 spiro atoms. The number of rotatable bonds is 2. The Morgan fingerprint density at radius 3 is 2.89 bits per heavy atom. The number of nitrogens with one attached hydrogen (secondary N) is 1. The van der Waals surface area contributed by atoms with Gasteiger partial charge in [0.05, 0.1) is 11.4 Å². The van der Waals surface area contributed by atoms with E-state index in [4.69, 9.17) is 5.10 Å². The van der Waals surface area contributed by atoms with Crippen LogP contribution in [0.4, 0.5) is 5.82 Å². The number of hydrogen-bond donors (Lipinski definition) is 1. The van der Waals surface area contributed by atoms with Crippen LogP contribution in [0.3, 0.4) is 0 Å². The summed E-state index contributed by atoms with van der Waals surface area (Å²) < 4.78 is 2.06. The highest BCUT2D eigenvalue weighted by molar-refractivity contribution is 5.57. The van der Waals surface area contributed by atoms with Gasteiger partial charge in [0.15, 0.2) is 0 Å². The highest BCUT2D eigenvalue weighted by Gasteiger charge is 2.24. The molecule has 2 heterocycles. The molecule has 0 atom stereocenters. The fraction of sp³-hybridized carbons (Fsp3) is 0.400. The lowest BCUT2D eigenvalue weighted by molar-refractivity contribution is 0.756. The number of hydrogen-bond acceptors (Lipinski definition) is 2. The van der Waals surface area contributed by atoms with Gasteiger partial charge >= 0.3 is 0 Å².